The molecule has 1 heterocycles. The predicted molar refractivity (Wildman–Crippen MR) is 68.1 cm³/mol. The molecule has 0 atom stereocenters. The van der Waals surface area contributed by atoms with Gasteiger partial charge in [0.15, 0.2) is 5.75 Å². The summed E-state index contributed by atoms with van der Waals surface area (Å²) in [5.74, 6) is 0.410. The molecule has 0 saturated carbocycles. The molecule has 0 aliphatic rings. The van der Waals surface area contributed by atoms with E-state index in [-0.39, 0.29) is 11.4 Å². The number of rotatable bonds is 2. The molecular formula is C11H10BrN3O2. The molecule has 88 valence electrons. The van der Waals surface area contributed by atoms with Crippen LogP contribution in [0.5, 0.6) is 11.6 Å². The van der Waals surface area contributed by atoms with Crippen LogP contribution in [0.15, 0.2) is 39.9 Å². The summed E-state index contributed by atoms with van der Waals surface area (Å²) in [6.45, 7) is 0. The first-order valence-corrected chi connectivity index (χ1v) is 5.62. The Morgan fingerprint density at radius 3 is 2.94 bits per heavy atom. The highest BCUT2D eigenvalue weighted by atomic mass is 79.9. The lowest BCUT2D eigenvalue weighted by molar-refractivity contribution is 0.450. The standard InChI is InChI=1S/C11H10BrN3O2/c1-15-5-4-14-10(11(15)16)17-9-3-2-7(12)6-8(9)13/h2-6H,13H2,1H3. The minimum absolute atomic E-state index is 0.00372. The Balaban J connectivity index is 2.38. The number of nitrogens with two attached hydrogens (primary N) is 1. The second kappa shape index (κ2) is 4.58. The molecule has 2 N–H and O–H groups in total. The van der Waals surface area contributed by atoms with Crippen molar-refractivity contribution in [3.8, 4) is 11.6 Å². The van der Waals surface area contributed by atoms with E-state index < -0.39 is 0 Å². The van der Waals surface area contributed by atoms with Gasteiger partial charge in [-0.2, -0.15) is 0 Å². The van der Waals surface area contributed by atoms with Crippen LogP contribution in [0.3, 0.4) is 0 Å². The van der Waals surface area contributed by atoms with Crippen molar-refractivity contribution < 1.29 is 4.74 Å². The number of hydrogen-bond acceptors (Lipinski definition) is 4. The van der Waals surface area contributed by atoms with Gasteiger partial charge in [0.1, 0.15) is 0 Å². The topological polar surface area (TPSA) is 70.1 Å². The summed E-state index contributed by atoms with van der Waals surface area (Å²) in [7, 11) is 1.63. The Morgan fingerprint density at radius 2 is 2.24 bits per heavy atom. The minimum atomic E-state index is -0.310. The maximum atomic E-state index is 11.7. The fraction of sp³-hybridized carbons (Fsp3) is 0.0909. The second-order valence-corrected chi connectivity index (χ2v) is 4.35. The van der Waals surface area contributed by atoms with Crippen molar-refractivity contribution in [2.45, 2.75) is 0 Å². The van der Waals surface area contributed by atoms with Gasteiger partial charge in [0.25, 0.3) is 5.88 Å². The van der Waals surface area contributed by atoms with E-state index >= 15 is 0 Å². The van der Waals surface area contributed by atoms with Crippen molar-refractivity contribution in [3.63, 3.8) is 0 Å². The van der Waals surface area contributed by atoms with Gasteiger partial charge in [-0.25, -0.2) is 4.98 Å². The van der Waals surface area contributed by atoms with Crippen LogP contribution < -0.4 is 16.0 Å². The van der Waals surface area contributed by atoms with Gasteiger partial charge in [0.05, 0.1) is 5.69 Å². The van der Waals surface area contributed by atoms with Gasteiger partial charge < -0.3 is 15.0 Å². The number of aryl methyl sites for hydroxylation is 1. The Bertz CT molecular complexity index is 610. The SMILES string of the molecule is Cn1ccnc(Oc2ccc(Br)cc2N)c1=O. The first kappa shape index (κ1) is 11.7. The molecule has 2 aromatic rings. The van der Waals surface area contributed by atoms with Gasteiger partial charge in [0.2, 0.25) is 0 Å². The molecule has 0 unspecified atom stereocenters. The molecule has 2 rings (SSSR count). The molecular weight excluding hydrogens is 286 g/mol. The van der Waals surface area contributed by atoms with Gasteiger partial charge in [-0.15, -0.1) is 0 Å². The zero-order valence-corrected chi connectivity index (χ0v) is 10.6. The summed E-state index contributed by atoms with van der Waals surface area (Å²) < 4.78 is 7.62. The van der Waals surface area contributed by atoms with Crippen LogP contribution in [0.1, 0.15) is 0 Å². The normalized spacial score (nSPS) is 10.2. The molecule has 1 aromatic carbocycles. The van der Waals surface area contributed by atoms with Crippen LogP contribution in [-0.2, 0) is 7.05 Å². The van der Waals surface area contributed by atoms with Gasteiger partial charge in [-0.05, 0) is 18.2 Å². The fourth-order valence-electron chi connectivity index (χ4n) is 1.26. The number of nitrogen functional groups attached to an aromatic ring is 1. The third kappa shape index (κ3) is 2.47. The molecule has 0 saturated heterocycles. The quantitative estimate of drug-likeness (QED) is 0.859. The monoisotopic (exact) mass is 295 g/mol. The predicted octanol–water partition coefficient (Wildman–Crippen LogP) is 1.92. The van der Waals surface area contributed by atoms with Crippen LogP contribution >= 0.6 is 15.9 Å². The lowest BCUT2D eigenvalue weighted by Gasteiger charge is -2.07. The Morgan fingerprint density at radius 1 is 1.47 bits per heavy atom. The Labute approximate surface area is 106 Å². The zero-order valence-electron chi connectivity index (χ0n) is 9.05. The maximum Gasteiger partial charge on any atom is 0.313 e. The highest BCUT2D eigenvalue weighted by Crippen LogP contribution is 2.27. The summed E-state index contributed by atoms with van der Waals surface area (Å²) >= 11 is 3.29. The van der Waals surface area contributed by atoms with Crippen molar-refractivity contribution in [1.29, 1.82) is 0 Å². The average molecular weight is 296 g/mol. The number of ether oxygens (including phenoxy) is 1. The molecule has 0 radical (unpaired) electrons. The molecule has 6 heteroatoms. The third-order valence-electron chi connectivity index (χ3n) is 2.16. The van der Waals surface area contributed by atoms with Crippen molar-refractivity contribution >= 4 is 21.6 Å². The van der Waals surface area contributed by atoms with E-state index in [1.54, 1.807) is 31.4 Å². The number of halogens is 1. The smallest absolute Gasteiger partial charge is 0.313 e. The maximum absolute atomic E-state index is 11.7. The number of anilines is 1. The number of aromatic nitrogens is 2. The minimum Gasteiger partial charge on any atom is -0.432 e. The molecule has 0 amide bonds. The van der Waals surface area contributed by atoms with Crippen LogP contribution in [0.25, 0.3) is 0 Å². The molecule has 0 aliphatic carbocycles. The largest absolute Gasteiger partial charge is 0.432 e. The van der Waals surface area contributed by atoms with Gasteiger partial charge in [-0.3, -0.25) is 4.79 Å². The number of hydrogen-bond donors (Lipinski definition) is 1. The van der Waals surface area contributed by atoms with Crippen molar-refractivity contribution in [2.75, 3.05) is 5.73 Å². The zero-order chi connectivity index (χ0) is 12.4. The van der Waals surface area contributed by atoms with E-state index in [0.717, 1.165) is 4.47 Å². The van der Waals surface area contributed by atoms with E-state index in [9.17, 15) is 4.79 Å². The van der Waals surface area contributed by atoms with Gasteiger partial charge in [0, 0.05) is 23.9 Å². The fourth-order valence-corrected chi connectivity index (χ4v) is 1.64. The average Bonchev–Trinajstić information content (AvgIpc) is 2.28. The van der Waals surface area contributed by atoms with E-state index in [4.69, 9.17) is 10.5 Å². The van der Waals surface area contributed by atoms with Crippen LogP contribution in [-0.4, -0.2) is 9.55 Å². The molecule has 17 heavy (non-hydrogen) atoms. The van der Waals surface area contributed by atoms with E-state index in [1.165, 1.54) is 10.8 Å². The third-order valence-corrected chi connectivity index (χ3v) is 2.66. The summed E-state index contributed by atoms with van der Waals surface area (Å²) in [5, 5.41) is 0. The molecule has 5 nitrogen and oxygen atoms in total. The first-order chi connectivity index (χ1) is 8.08. The highest BCUT2D eigenvalue weighted by molar-refractivity contribution is 9.10. The Hall–Kier alpha value is -1.82. The lowest BCUT2D eigenvalue weighted by Crippen LogP contribution is -2.18. The number of benzene rings is 1. The summed E-state index contributed by atoms with van der Waals surface area (Å²) in [4.78, 5) is 15.6. The highest BCUT2D eigenvalue weighted by Gasteiger charge is 2.08. The van der Waals surface area contributed by atoms with Crippen LogP contribution in [0.2, 0.25) is 0 Å². The molecule has 0 fully saturated rings. The first-order valence-electron chi connectivity index (χ1n) is 4.82. The summed E-state index contributed by atoms with van der Waals surface area (Å²) in [6.07, 6.45) is 3.05. The van der Waals surface area contributed by atoms with E-state index in [1.807, 2.05) is 0 Å². The van der Waals surface area contributed by atoms with Gasteiger partial charge in [-0.1, -0.05) is 15.9 Å². The van der Waals surface area contributed by atoms with Crippen molar-refractivity contribution in [3.05, 3.63) is 45.4 Å². The molecule has 0 aliphatic heterocycles. The summed E-state index contributed by atoms with van der Waals surface area (Å²) in [5.41, 5.74) is 5.89. The van der Waals surface area contributed by atoms with Crippen molar-refractivity contribution in [1.82, 2.24) is 9.55 Å². The van der Waals surface area contributed by atoms with E-state index in [0.29, 0.717) is 11.4 Å². The summed E-state index contributed by atoms with van der Waals surface area (Å²) in [6, 6.07) is 5.15. The van der Waals surface area contributed by atoms with E-state index in [2.05, 4.69) is 20.9 Å². The lowest BCUT2D eigenvalue weighted by atomic mass is 10.3. The van der Waals surface area contributed by atoms with Crippen LogP contribution in [0.4, 0.5) is 5.69 Å². The number of nitrogens with zero attached hydrogens (tertiary/aromatic N) is 2. The Kier molecular flexibility index (Phi) is 3.14. The second-order valence-electron chi connectivity index (χ2n) is 3.43. The molecule has 0 bridgehead atoms. The molecule has 1 aromatic heterocycles. The molecule has 0 spiro atoms. The van der Waals surface area contributed by atoms with Crippen LogP contribution in [0, 0.1) is 0 Å². The van der Waals surface area contributed by atoms with Crippen molar-refractivity contribution in [2.24, 2.45) is 7.05 Å². The van der Waals surface area contributed by atoms with Gasteiger partial charge >= 0.3 is 5.56 Å².